The summed E-state index contributed by atoms with van der Waals surface area (Å²) in [5.41, 5.74) is 1.14. The molecule has 1 aromatic carbocycles. The average Bonchev–Trinajstić information content (AvgIpc) is 2.55. The van der Waals surface area contributed by atoms with Crippen LogP contribution in [0.5, 0.6) is 0 Å². The summed E-state index contributed by atoms with van der Waals surface area (Å²) < 4.78 is 0. The lowest BCUT2D eigenvalue weighted by Gasteiger charge is -2.32. The quantitative estimate of drug-likeness (QED) is 0.862. The zero-order valence-electron chi connectivity index (χ0n) is 13.7. The van der Waals surface area contributed by atoms with Gasteiger partial charge in [-0.15, -0.1) is 0 Å². The van der Waals surface area contributed by atoms with Crippen LogP contribution in [-0.2, 0) is 0 Å². The van der Waals surface area contributed by atoms with E-state index < -0.39 is 0 Å². The van der Waals surface area contributed by atoms with Crippen molar-refractivity contribution in [3.63, 3.8) is 0 Å². The molecule has 4 heteroatoms. The van der Waals surface area contributed by atoms with Crippen molar-refractivity contribution in [2.45, 2.75) is 26.7 Å². The van der Waals surface area contributed by atoms with Gasteiger partial charge in [0.15, 0.2) is 0 Å². The lowest BCUT2D eigenvalue weighted by Crippen LogP contribution is -2.33. The number of benzene rings is 1. The molecule has 0 aliphatic carbocycles. The highest BCUT2D eigenvalue weighted by Gasteiger charge is 2.18. The van der Waals surface area contributed by atoms with Crippen LogP contribution in [0.15, 0.2) is 36.4 Å². The SMILES string of the molecule is Cc1nc(N2CCC(C)CC2)cc(N(C)c2ccccc2)n1. The third kappa shape index (κ3) is 3.21. The van der Waals surface area contributed by atoms with E-state index in [0.29, 0.717) is 0 Å². The van der Waals surface area contributed by atoms with E-state index in [2.05, 4.69) is 51.9 Å². The highest BCUT2D eigenvalue weighted by molar-refractivity contribution is 5.62. The second-order valence-corrected chi connectivity index (χ2v) is 6.20. The normalized spacial score (nSPS) is 15.9. The zero-order valence-corrected chi connectivity index (χ0v) is 13.7. The number of nitrogens with zero attached hydrogens (tertiary/aromatic N) is 4. The Morgan fingerprint density at radius 3 is 2.45 bits per heavy atom. The number of hydrogen-bond donors (Lipinski definition) is 0. The van der Waals surface area contributed by atoms with E-state index in [4.69, 9.17) is 0 Å². The van der Waals surface area contributed by atoms with Crippen LogP contribution in [-0.4, -0.2) is 30.1 Å². The Hall–Kier alpha value is -2.10. The molecule has 0 spiro atoms. The molecule has 1 fully saturated rings. The number of aromatic nitrogens is 2. The molecule has 1 aliphatic heterocycles. The van der Waals surface area contributed by atoms with E-state index in [-0.39, 0.29) is 0 Å². The van der Waals surface area contributed by atoms with Gasteiger partial charge in [-0.1, -0.05) is 25.1 Å². The number of hydrogen-bond acceptors (Lipinski definition) is 4. The largest absolute Gasteiger partial charge is 0.356 e. The highest BCUT2D eigenvalue weighted by atomic mass is 15.2. The standard InChI is InChI=1S/C18H24N4/c1-14-9-11-22(12-10-14)18-13-17(19-15(2)20-18)21(3)16-7-5-4-6-8-16/h4-8,13-14H,9-12H2,1-3H3. The number of piperidine rings is 1. The first-order valence-corrected chi connectivity index (χ1v) is 8.03. The van der Waals surface area contributed by atoms with Gasteiger partial charge in [-0.05, 0) is 37.8 Å². The summed E-state index contributed by atoms with van der Waals surface area (Å²) in [7, 11) is 2.05. The molecule has 116 valence electrons. The van der Waals surface area contributed by atoms with Crippen molar-refractivity contribution in [2.24, 2.45) is 5.92 Å². The Balaban J connectivity index is 1.87. The maximum Gasteiger partial charge on any atom is 0.138 e. The van der Waals surface area contributed by atoms with Crippen LogP contribution in [0.2, 0.25) is 0 Å². The molecule has 2 heterocycles. The fraction of sp³-hybridized carbons (Fsp3) is 0.444. The van der Waals surface area contributed by atoms with E-state index >= 15 is 0 Å². The van der Waals surface area contributed by atoms with Crippen molar-refractivity contribution in [3.8, 4) is 0 Å². The van der Waals surface area contributed by atoms with E-state index in [9.17, 15) is 0 Å². The predicted molar refractivity (Wildman–Crippen MR) is 91.9 cm³/mol. The van der Waals surface area contributed by atoms with Crippen molar-refractivity contribution in [1.82, 2.24) is 9.97 Å². The lowest BCUT2D eigenvalue weighted by atomic mass is 9.99. The summed E-state index contributed by atoms with van der Waals surface area (Å²) in [6.07, 6.45) is 2.49. The van der Waals surface area contributed by atoms with E-state index in [1.165, 1.54) is 12.8 Å². The molecule has 1 saturated heterocycles. The van der Waals surface area contributed by atoms with Gasteiger partial charge in [0.25, 0.3) is 0 Å². The molecular weight excluding hydrogens is 272 g/mol. The molecule has 0 amide bonds. The van der Waals surface area contributed by atoms with Gasteiger partial charge in [0.2, 0.25) is 0 Å². The van der Waals surface area contributed by atoms with Gasteiger partial charge in [-0.25, -0.2) is 9.97 Å². The van der Waals surface area contributed by atoms with Crippen molar-refractivity contribution < 1.29 is 0 Å². The minimum Gasteiger partial charge on any atom is -0.356 e. The van der Waals surface area contributed by atoms with Gasteiger partial charge < -0.3 is 9.80 Å². The Morgan fingerprint density at radius 2 is 1.77 bits per heavy atom. The molecule has 0 radical (unpaired) electrons. The molecule has 2 aromatic rings. The monoisotopic (exact) mass is 296 g/mol. The number of rotatable bonds is 3. The Labute approximate surface area is 132 Å². The summed E-state index contributed by atoms with van der Waals surface area (Å²) >= 11 is 0. The third-order valence-electron chi connectivity index (χ3n) is 4.41. The fourth-order valence-electron chi connectivity index (χ4n) is 2.89. The minimum absolute atomic E-state index is 0.825. The van der Waals surface area contributed by atoms with Gasteiger partial charge >= 0.3 is 0 Å². The molecule has 3 rings (SSSR count). The topological polar surface area (TPSA) is 32.3 Å². The molecule has 1 aliphatic rings. The molecular formula is C18H24N4. The van der Waals surface area contributed by atoms with Crippen LogP contribution in [0.4, 0.5) is 17.3 Å². The van der Waals surface area contributed by atoms with E-state index in [1.54, 1.807) is 0 Å². The summed E-state index contributed by atoms with van der Waals surface area (Å²) in [6.45, 7) is 6.48. The first-order chi connectivity index (χ1) is 10.6. The van der Waals surface area contributed by atoms with Gasteiger partial charge in [0, 0.05) is 31.9 Å². The molecule has 0 saturated carbocycles. The van der Waals surface area contributed by atoms with Crippen molar-refractivity contribution in [3.05, 3.63) is 42.2 Å². The van der Waals surface area contributed by atoms with Crippen molar-refractivity contribution in [2.75, 3.05) is 29.9 Å². The van der Waals surface area contributed by atoms with Gasteiger partial charge in [0.05, 0.1) is 0 Å². The molecule has 22 heavy (non-hydrogen) atoms. The van der Waals surface area contributed by atoms with Crippen molar-refractivity contribution >= 4 is 17.3 Å². The average molecular weight is 296 g/mol. The Kier molecular flexibility index (Phi) is 4.27. The first kappa shape index (κ1) is 14.8. The Bertz CT molecular complexity index is 618. The number of anilines is 3. The molecule has 1 aromatic heterocycles. The van der Waals surface area contributed by atoms with Crippen molar-refractivity contribution in [1.29, 1.82) is 0 Å². The smallest absolute Gasteiger partial charge is 0.138 e. The second kappa shape index (κ2) is 6.34. The maximum absolute atomic E-state index is 4.65. The van der Waals surface area contributed by atoms with Crippen LogP contribution >= 0.6 is 0 Å². The minimum atomic E-state index is 0.825. The number of aryl methyl sites for hydroxylation is 1. The molecule has 4 nitrogen and oxygen atoms in total. The summed E-state index contributed by atoms with van der Waals surface area (Å²) in [5.74, 6) is 3.66. The fourth-order valence-corrected chi connectivity index (χ4v) is 2.89. The molecule has 0 unspecified atom stereocenters. The molecule has 0 bridgehead atoms. The van der Waals surface area contributed by atoms with Gasteiger partial charge in [-0.2, -0.15) is 0 Å². The molecule has 0 atom stereocenters. The van der Waals surface area contributed by atoms with Crippen LogP contribution in [0.1, 0.15) is 25.6 Å². The van der Waals surface area contributed by atoms with Crippen LogP contribution < -0.4 is 9.80 Å². The maximum atomic E-state index is 4.65. The second-order valence-electron chi connectivity index (χ2n) is 6.20. The Morgan fingerprint density at radius 1 is 1.09 bits per heavy atom. The number of para-hydroxylation sites is 1. The van der Waals surface area contributed by atoms with Crippen LogP contribution in [0.3, 0.4) is 0 Å². The van der Waals surface area contributed by atoms with E-state index in [0.717, 1.165) is 42.2 Å². The molecule has 0 N–H and O–H groups in total. The summed E-state index contributed by atoms with van der Waals surface area (Å²) in [6, 6.07) is 12.4. The van der Waals surface area contributed by atoms with Gasteiger partial charge in [-0.3, -0.25) is 0 Å². The third-order valence-corrected chi connectivity index (χ3v) is 4.41. The lowest BCUT2D eigenvalue weighted by molar-refractivity contribution is 0.436. The predicted octanol–water partition coefficient (Wildman–Crippen LogP) is 3.79. The van der Waals surface area contributed by atoms with Crippen LogP contribution in [0.25, 0.3) is 0 Å². The summed E-state index contributed by atoms with van der Waals surface area (Å²) in [4.78, 5) is 13.8. The highest BCUT2D eigenvalue weighted by Crippen LogP contribution is 2.27. The zero-order chi connectivity index (χ0) is 15.5. The van der Waals surface area contributed by atoms with E-state index in [1.807, 2.05) is 25.1 Å². The van der Waals surface area contributed by atoms with Gasteiger partial charge in [0.1, 0.15) is 17.5 Å². The first-order valence-electron chi connectivity index (χ1n) is 8.03. The summed E-state index contributed by atoms with van der Waals surface area (Å²) in [5, 5.41) is 0. The van der Waals surface area contributed by atoms with Crippen LogP contribution in [0, 0.1) is 12.8 Å².